The molecule has 0 amide bonds. The molecule has 1 atom stereocenters. The summed E-state index contributed by atoms with van der Waals surface area (Å²) in [6, 6.07) is 14.1. The third kappa shape index (κ3) is 6.51. The lowest BCUT2D eigenvalue weighted by atomic mass is 10.1. The van der Waals surface area contributed by atoms with Gasteiger partial charge in [-0.15, -0.1) is 0 Å². The van der Waals surface area contributed by atoms with Crippen LogP contribution in [0.5, 0.6) is 11.5 Å². The van der Waals surface area contributed by atoms with Crippen LogP contribution in [0.1, 0.15) is 49.5 Å². The summed E-state index contributed by atoms with van der Waals surface area (Å²) in [5, 5.41) is 0. The third-order valence-electron chi connectivity index (χ3n) is 5.52. The van der Waals surface area contributed by atoms with Gasteiger partial charge in [-0.1, -0.05) is 0 Å². The van der Waals surface area contributed by atoms with Crippen molar-refractivity contribution in [3.05, 3.63) is 77.9 Å². The van der Waals surface area contributed by atoms with E-state index in [0.717, 1.165) is 24.2 Å². The topological polar surface area (TPSA) is 70.1 Å². The first-order valence-electron chi connectivity index (χ1n) is 11.9. The summed E-state index contributed by atoms with van der Waals surface area (Å²) < 4.78 is 36.6. The lowest BCUT2D eigenvalue weighted by molar-refractivity contribution is -0.0402. The van der Waals surface area contributed by atoms with E-state index in [4.69, 9.17) is 18.9 Å². The molecule has 0 bridgehead atoms. The number of pyridine rings is 1. The van der Waals surface area contributed by atoms with Gasteiger partial charge in [0.1, 0.15) is 11.4 Å². The molecule has 0 radical (unpaired) electrons. The lowest BCUT2D eigenvalue weighted by Crippen LogP contribution is -2.24. The minimum atomic E-state index is -0.589. The smallest absolute Gasteiger partial charge is 0.338 e. The molecule has 1 aromatic heterocycles. The third-order valence-corrected chi connectivity index (χ3v) is 5.52. The highest BCUT2D eigenvalue weighted by atomic mass is 19.1. The largest absolute Gasteiger partial charge is 0.493 e. The van der Waals surface area contributed by atoms with Gasteiger partial charge in [-0.2, -0.15) is 0 Å². The second-order valence-corrected chi connectivity index (χ2v) is 9.54. The second kappa shape index (κ2) is 11.0. The van der Waals surface area contributed by atoms with Crippen molar-refractivity contribution in [3.8, 4) is 11.5 Å². The Morgan fingerprint density at radius 1 is 1.08 bits per heavy atom. The van der Waals surface area contributed by atoms with Crippen LogP contribution in [0.15, 0.2) is 60.9 Å². The van der Waals surface area contributed by atoms with Crippen molar-refractivity contribution < 1.29 is 28.1 Å². The Kier molecular flexibility index (Phi) is 7.74. The molecule has 3 aromatic rings. The number of methoxy groups -OCH3 is 1. The van der Waals surface area contributed by atoms with E-state index in [9.17, 15) is 9.18 Å². The maximum absolute atomic E-state index is 13.9. The molecular weight excluding hydrogens is 463 g/mol. The van der Waals surface area contributed by atoms with Crippen LogP contribution in [-0.4, -0.2) is 36.6 Å². The molecule has 4 rings (SSSR count). The van der Waals surface area contributed by atoms with Crippen LogP contribution >= 0.6 is 0 Å². The zero-order chi connectivity index (χ0) is 25.7. The van der Waals surface area contributed by atoms with E-state index in [1.807, 2.05) is 56.0 Å². The number of halogens is 1. The minimum absolute atomic E-state index is 0.330. The summed E-state index contributed by atoms with van der Waals surface area (Å²) >= 11 is 0. The summed E-state index contributed by atoms with van der Waals surface area (Å²) in [5.41, 5.74) is 2.12. The van der Waals surface area contributed by atoms with E-state index in [1.165, 1.54) is 12.3 Å². The number of hydrogen-bond donors (Lipinski definition) is 0. The second-order valence-electron chi connectivity index (χ2n) is 9.54. The summed E-state index contributed by atoms with van der Waals surface area (Å²) in [4.78, 5) is 18.5. The molecule has 190 valence electrons. The van der Waals surface area contributed by atoms with Crippen LogP contribution in [0.4, 0.5) is 15.8 Å². The van der Waals surface area contributed by atoms with Crippen LogP contribution in [0.3, 0.4) is 0 Å². The molecule has 7 nitrogen and oxygen atoms in total. The van der Waals surface area contributed by atoms with Gasteiger partial charge in [0, 0.05) is 36.6 Å². The molecule has 2 aromatic carbocycles. The Morgan fingerprint density at radius 3 is 2.47 bits per heavy atom. The van der Waals surface area contributed by atoms with Gasteiger partial charge in [0.05, 0.1) is 25.5 Å². The fourth-order valence-corrected chi connectivity index (χ4v) is 3.88. The summed E-state index contributed by atoms with van der Waals surface area (Å²) in [6.45, 7) is 6.48. The minimum Gasteiger partial charge on any atom is -0.493 e. The van der Waals surface area contributed by atoms with Crippen LogP contribution in [-0.2, 0) is 16.0 Å². The fraction of sp³-hybridized carbons (Fsp3) is 0.357. The van der Waals surface area contributed by atoms with E-state index in [1.54, 1.807) is 25.4 Å². The molecular formula is C28H31FN2O5. The number of ether oxygens (including phenoxy) is 4. The standard InChI is InChI=1S/C28H31FN2O5/c1-28(2,3)36-27(32)20-7-9-22(10-8-20)31(18-19-14-21(29)17-30-16-19)23-11-12-24(33-4)25(15-23)35-26-6-5-13-34-26/h7-12,14-17,26H,5-6,13,18H2,1-4H3. The molecule has 0 aliphatic carbocycles. The Morgan fingerprint density at radius 2 is 1.83 bits per heavy atom. The number of carbonyl (C=O) groups excluding carboxylic acids is 1. The maximum atomic E-state index is 13.9. The van der Waals surface area contributed by atoms with Crippen molar-refractivity contribution in [2.75, 3.05) is 18.6 Å². The molecule has 1 fully saturated rings. The van der Waals surface area contributed by atoms with Crippen molar-refractivity contribution in [1.82, 2.24) is 4.98 Å². The monoisotopic (exact) mass is 494 g/mol. The molecule has 1 saturated heterocycles. The van der Waals surface area contributed by atoms with Crippen LogP contribution < -0.4 is 14.4 Å². The SMILES string of the molecule is COc1ccc(N(Cc2cncc(F)c2)c2ccc(C(=O)OC(C)(C)C)cc2)cc1OC1CCCO1. The average Bonchev–Trinajstić information content (AvgIpc) is 3.35. The first-order chi connectivity index (χ1) is 17.2. The Bertz CT molecular complexity index is 1190. The number of carbonyl (C=O) groups is 1. The van der Waals surface area contributed by atoms with Gasteiger partial charge in [-0.25, -0.2) is 9.18 Å². The first kappa shape index (κ1) is 25.4. The highest BCUT2D eigenvalue weighted by Crippen LogP contribution is 2.37. The summed E-state index contributed by atoms with van der Waals surface area (Å²) in [7, 11) is 1.59. The summed E-state index contributed by atoms with van der Waals surface area (Å²) in [5.74, 6) is 0.327. The van der Waals surface area contributed by atoms with E-state index < -0.39 is 17.4 Å². The fourth-order valence-electron chi connectivity index (χ4n) is 3.88. The molecule has 0 saturated carbocycles. The quantitative estimate of drug-likeness (QED) is 0.354. The molecule has 1 unspecified atom stereocenters. The normalized spacial score (nSPS) is 15.4. The number of nitrogens with zero attached hydrogens (tertiary/aromatic N) is 2. The van der Waals surface area contributed by atoms with Crippen molar-refractivity contribution in [3.63, 3.8) is 0 Å². The van der Waals surface area contributed by atoms with Crippen molar-refractivity contribution in [2.45, 2.75) is 52.0 Å². The van der Waals surface area contributed by atoms with Crippen LogP contribution in [0.2, 0.25) is 0 Å². The van der Waals surface area contributed by atoms with Gasteiger partial charge in [0.25, 0.3) is 0 Å². The van der Waals surface area contributed by atoms with Crippen molar-refractivity contribution >= 4 is 17.3 Å². The number of aromatic nitrogens is 1. The van der Waals surface area contributed by atoms with Gasteiger partial charge in [-0.05, 0) is 75.2 Å². The van der Waals surface area contributed by atoms with Gasteiger partial charge in [0.2, 0.25) is 0 Å². The van der Waals surface area contributed by atoms with E-state index in [2.05, 4.69) is 4.98 Å². The van der Waals surface area contributed by atoms with E-state index in [0.29, 0.717) is 35.8 Å². The Labute approximate surface area is 210 Å². The molecule has 1 aliphatic rings. The Hall–Kier alpha value is -3.65. The Balaban J connectivity index is 1.68. The predicted molar refractivity (Wildman–Crippen MR) is 134 cm³/mol. The van der Waals surface area contributed by atoms with Gasteiger partial charge >= 0.3 is 5.97 Å². The van der Waals surface area contributed by atoms with Crippen LogP contribution in [0, 0.1) is 5.82 Å². The highest BCUT2D eigenvalue weighted by molar-refractivity contribution is 5.90. The van der Waals surface area contributed by atoms with E-state index in [-0.39, 0.29) is 6.29 Å². The number of rotatable bonds is 8. The molecule has 1 aliphatic heterocycles. The first-order valence-corrected chi connectivity index (χ1v) is 11.9. The molecule has 36 heavy (non-hydrogen) atoms. The number of esters is 1. The predicted octanol–water partition coefficient (Wildman–Crippen LogP) is 6.04. The molecule has 8 heteroatoms. The molecule has 0 spiro atoms. The zero-order valence-electron chi connectivity index (χ0n) is 21.0. The zero-order valence-corrected chi connectivity index (χ0v) is 21.0. The number of hydrogen-bond acceptors (Lipinski definition) is 7. The maximum Gasteiger partial charge on any atom is 0.338 e. The number of anilines is 2. The highest BCUT2D eigenvalue weighted by Gasteiger charge is 2.22. The lowest BCUT2D eigenvalue weighted by Gasteiger charge is -2.27. The van der Waals surface area contributed by atoms with Gasteiger partial charge in [0.15, 0.2) is 17.8 Å². The van der Waals surface area contributed by atoms with Crippen molar-refractivity contribution in [1.29, 1.82) is 0 Å². The molecule has 2 heterocycles. The molecule has 0 N–H and O–H groups in total. The van der Waals surface area contributed by atoms with Crippen molar-refractivity contribution in [2.24, 2.45) is 0 Å². The van der Waals surface area contributed by atoms with Gasteiger partial charge < -0.3 is 23.8 Å². The van der Waals surface area contributed by atoms with E-state index >= 15 is 0 Å². The number of benzene rings is 2. The van der Waals surface area contributed by atoms with Gasteiger partial charge in [-0.3, -0.25) is 4.98 Å². The average molecular weight is 495 g/mol. The van der Waals surface area contributed by atoms with Crippen LogP contribution in [0.25, 0.3) is 0 Å². The summed E-state index contributed by atoms with van der Waals surface area (Å²) in [6.07, 6.45) is 4.21.